The third kappa shape index (κ3) is 3.79. The van der Waals surface area contributed by atoms with E-state index in [4.69, 9.17) is 5.73 Å². The van der Waals surface area contributed by atoms with Gasteiger partial charge in [0.05, 0.1) is 22.7 Å². The highest BCUT2D eigenvalue weighted by atomic mass is 32.2. The second kappa shape index (κ2) is 5.60. The topological polar surface area (TPSA) is 59.2 Å². The summed E-state index contributed by atoms with van der Waals surface area (Å²) in [4.78, 5) is 17.3. The Morgan fingerprint density at radius 2 is 2.33 bits per heavy atom. The molecule has 5 heteroatoms. The molecule has 82 valence electrons. The van der Waals surface area contributed by atoms with E-state index in [2.05, 4.69) is 4.98 Å². The minimum absolute atomic E-state index is 0.112. The van der Waals surface area contributed by atoms with Crippen molar-refractivity contribution in [2.75, 3.05) is 25.1 Å². The third-order valence-electron chi connectivity index (χ3n) is 2.00. The van der Waals surface area contributed by atoms with Gasteiger partial charge in [-0.05, 0) is 19.1 Å². The van der Waals surface area contributed by atoms with Crippen LogP contribution in [-0.2, 0) is 4.79 Å². The molecule has 2 N–H and O–H groups in total. The Morgan fingerprint density at radius 3 is 2.87 bits per heavy atom. The first-order chi connectivity index (χ1) is 7.13. The van der Waals surface area contributed by atoms with Gasteiger partial charge < -0.3 is 10.6 Å². The lowest BCUT2D eigenvalue weighted by atomic mass is 10.4. The Morgan fingerprint density at radius 1 is 1.60 bits per heavy atom. The fourth-order valence-corrected chi connectivity index (χ4v) is 1.68. The second-order valence-electron chi connectivity index (χ2n) is 3.13. The fraction of sp³-hybridized carbons (Fsp3) is 0.400. The fourth-order valence-electron chi connectivity index (χ4n) is 0.899. The summed E-state index contributed by atoms with van der Waals surface area (Å²) in [6, 6.07) is 3.60. The van der Waals surface area contributed by atoms with E-state index in [-0.39, 0.29) is 5.91 Å². The predicted octanol–water partition coefficient (Wildman–Crippen LogP) is 1.23. The molecule has 15 heavy (non-hydrogen) atoms. The summed E-state index contributed by atoms with van der Waals surface area (Å²) in [5.74, 6) is 0.530. The summed E-state index contributed by atoms with van der Waals surface area (Å²) in [5.41, 5.74) is 6.14. The van der Waals surface area contributed by atoms with Crippen LogP contribution in [-0.4, -0.2) is 35.1 Å². The highest BCUT2D eigenvalue weighted by Gasteiger charge is 2.07. The first kappa shape index (κ1) is 11.8. The van der Waals surface area contributed by atoms with E-state index >= 15 is 0 Å². The number of nitrogens with two attached hydrogens (primary N) is 1. The number of anilines is 1. The Balaban J connectivity index is 2.43. The molecule has 1 heterocycles. The number of nitrogen functional groups attached to an aromatic ring is 1. The SMILES string of the molecule is CCN(C)C(=O)CSc1ccc(N)cn1. The van der Waals surface area contributed by atoms with Crippen molar-refractivity contribution in [3.63, 3.8) is 0 Å². The summed E-state index contributed by atoms with van der Waals surface area (Å²) in [6.45, 7) is 2.68. The Labute approximate surface area is 93.9 Å². The number of carbonyl (C=O) groups is 1. The molecule has 1 amide bonds. The van der Waals surface area contributed by atoms with Gasteiger partial charge in [-0.3, -0.25) is 4.79 Å². The molecule has 0 saturated heterocycles. The van der Waals surface area contributed by atoms with Crippen LogP contribution in [0.5, 0.6) is 0 Å². The van der Waals surface area contributed by atoms with E-state index in [0.29, 0.717) is 11.4 Å². The second-order valence-corrected chi connectivity index (χ2v) is 4.12. The normalized spacial score (nSPS) is 10.0. The molecule has 0 aliphatic rings. The summed E-state index contributed by atoms with van der Waals surface area (Å²) in [7, 11) is 1.79. The van der Waals surface area contributed by atoms with Gasteiger partial charge >= 0.3 is 0 Å². The van der Waals surface area contributed by atoms with Crippen molar-refractivity contribution >= 4 is 23.4 Å². The minimum atomic E-state index is 0.112. The molecular formula is C10H15N3OS. The lowest BCUT2D eigenvalue weighted by molar-refractivity contribution is -0.126. The number of hydrogen-bond acceptors (Lipinski definition) is 4. The highest BCUT2D eigenvalue weighted by molar-refractivity contribution is 7.99. The Hall–Kier alpha value is -1.23. The minimum Gasteiger partial charge on any atom is -0.397 e. The van der Waals surface area contributed by atoms with Crippen molar-refractivity contribution in [2.45, 2.75) is 11.9 Å². The largest absolute Gasteiger partial charge is 0.397 e. The van der Waals surface area contributed by atoms with Crippen LogP contribution >= 0.6 is 11.8 Å². The molecule has 1 rings (SSSR count). The number of pyridine rings is 1. The van der Waals surface area contributed by atoms with Gasteiger partial charge in [-0.25, -0.2) is 4.98 Å². The molecule has 0 bridgehead atoms. The van der Waals surface area contributed by atoms with Gasteiger partial charge in [0.1, 0.15) is 0 Å². The summed E-state index contributed by atoms with van der Waals surface area (Å²) in [5, 5.41) is 0.821. The van der Waals surface area contributed by atoms with Crippen LogP contribution in [0.3, 0.4) is 0 Å². The van der Waals surface area contributed by atoms with Crippen LogP contribution in [0.25, 0.3) is 0 Å². The molecule has 1 aromatic heterocycles. The maximum atomic E-state index is 11.5. The predicted molar refractivity (Wildman–Crippen MR) is 62.7 cm³/mol. The maximum Gasteiger partial charge on any atom is 0.232 e. The molecule has 0 unspecified atom stereocenters. The van der Waals surface area contributed by atoms with Crippen molar-refractivity contribution in [1.29, 1.82) is 0 Å². The summed E-state index contributed by atoms with van der Waals surface area (Å²) >= 11 is 1.42. The average Bonchev–Trinajstić information content (AvgIpc) is 2.26. The number of thioether (sulfide) groups is 1. The molecule has 0 aliphatic heterocycles. The zero-order valence-electron chi connectivity index (χ0n) is 8.93. The number of carbonyl (C=O) groups excluding carboxylic acids is 1. The molecule has 4 nitrogen and oxygen atoms in total. The molecule has 1 aromatic rings. The first-order valence-corrected chi connectivity index (χ1v) is 5.70. The van der Waals surface area contributed by atoms with Crippen LogP contribution < -0.4 is 5.73 Å². The average molecular weight is 225 g/mol. The van der Waals surface area contributed by atoms with Crippen molar-refractivity contribution in [1.82, 2.24) is 9.88 Å². The van der Waals surface area contributed by atoms with Gasteiger partial charge in [0.15, 0.2) is 0 Å². The maximum absolute atomic E-state index is 11.5. The van der Waals surface area contributed by atoms with Gasteiger partial charge in [-0.1, -0.05) is 11.8 Å². The number of nitrogens with zero attached hydrogens (tertiary/aromatic N) is 2. The molecule has 0 saturated carbocycles. The van der Waals surface area contributed by atoms with Crippen LogP contribution in [0.1, 0.15) is 6.92 Å². The first-order valence-electron chi connectivity index (χ1n) is 4.71. The van der Waals surface area contributed by atoms with Gasteiger partial charge in [-0.2, -0.15) is 0 Å². The van der Waals surface area contributed by atoms with E-state index < -0.39 is 0 Å². The van der Waals surface area contributed by atoms with E-state index in [0.717, 1.165) is 11.6 Å². The van der Waals surface area contributed by atoms with Crippen LogP contribution in [0, 0.1) is 0 Å². The molecule has 0 aliphatic carbocycles. The zero-order valence-corrected chi connectivity index (χ0v) is 9.75. The molecule has 0 aromatic carbocycles. The van der Waals surface area contributed by atoms with Crippen LogP contribution in [0.4, 0.5) is 5.69 Å². The van der Waals surface area contributed by atoms with E-state index in [9.17, 15) is 4.79 Å². The monoisotopic (exact) mass is 225 g/mol. The quantitative estimate of drug-likeness (QED) is 0.783. The van der Waals surface area contributed by atoms with E-state index in [1.165, 1.54) is 11.8 Å². The lowest BCUT2D eigenvalue weighted by Crippen LogP contribution is -2.27. The van der Waals surface area contributed by atoms with Gasteiger partial charge in [0, 0.05) is 13.6 Å². The number of rotatable bonds is 4. The molecule has 0 atom stereocenters. The summed E-state index contributed by atoms with van der Waals surface area (Å²) in [6.07, 6.45) is 1.59. The number of aromatic nitrogens is 1. The Bertz CT molecular complexity index is 326. The zero-order chi connectivity index (χ0) is 11.3. The molecule has 0 spiro atoms. The van der Waals surface area contributed by atoms with Crippen molar-refractivity contribution in [3.05, 3.63) is 18.3 Å². The van der Waals surface area contributed by atoms with E-state index in [1.54, 1.807) is 24.2 Å². The van der Waals surface area contributed by atoms with Gasteiger partial charge in [-0.15, -0.1) is 0 Å². The van der Waals surface area contributed by atoms with Crippen LogP contribution in [0.2, 0.25) is 0 Å². The van der Waals surface area contributed by atoms with Crippen LogP contribution in [0.15, 0.2) is 23.4 Å². The van der Waals surface area contributed by atoms with Gasteiger partial charge in [0.2, 0.25) is 5.91 Å². The standard InChI is InChI=1S/C10H15N3OS/c1-3-13(2)10(14)7-15-9-5-4-8(11)6-12-9/h4-6H,3,7,11H2,1-2H3. The highest BCUT2D eigenvalue weighted by Crippen LogP contribution is 2.16. The van der Waals surface area contributed by atoms with Crippen molar-refractivity contribution < 1.29 is 4.79 Å². The van der Waals surface area contributed by atoms with Crippen molar-refractivity contribution in [2.24, 2.45) is 0 Å². The van der Waals surface area contributed by atoms with E-state index in [1.807, 2.05) is 13.0 Å². The Kier molecular flexibility index (Phi) is 4.42. The molecular weight excluding hydrogens is 210 g/mol. The molecule has 0 fully saturated rings. The number of hydrogen-bond donors (Lipinski definition) is 1. The molecule has 0 radical (unpaired) electrons. The third-order valence-corrected chi connectivity index (χ3v) is 2.93. The smallest absolute Gasteiger partial charge is 0.232 e. The lowest BCUT2D eigenvalue weighted by Gasteiger charge is -2.13. The van der Waals surface area contributed by atoms with Gasteiger partial charge in [0.25, 0.3) is 0 Å². The van der Waals surface area contributed by atoms with Crippen molar-refractivity contribution in [3.8, 4) is 0 Å². The summed E-state index contributed by atoms with van der Waals surface area (Å²) < 4.78 is 0. The number of amides is 1.